The predicted octanol–water partition coefficient (Wildman–Crippen LogP) is 1.56. The van der Waals surface area contributed by atoms with E-state index in [4.69, 9.17) is 11.5 Å². The van der Waals surface area contributed by atoms with Crippen LogP contribution in [0.2, 0.25) is 0 Å². The molecule has 1 aliphatic heterocycles. The van der Waals surface area contributed by atoms with Crippen LogP contribution >= 0.6 is 0 Å². The first kappa shape index (κ1) is 14.5. The van der Waals surface area contributed by atoms with E-state index in [0.717, 1.165) is 43.0 Å². The van der Waals surface area contributed by atoms with Crippen LogP contribution < -0.4 is 16.8 Å². The van der Waals surface area contributed by atoms with Gasteiger partial charge in [0.05, 0.1) is 6.54 Å². The Morgan fingerprint density at radius 2 is 2.06 bits per heavy atom. The van der Waals surface area contributed by atoms with E-state index in [0.29, 0.717) is 6.04 Å². The topological polar surface area (TPSA) is 76.4 Å². The summed E-state index contributed by atoms with van der Waals surface area (Å²) in [6.45, 7) is 5.93. The van der Waals surface area contributed by atoms with E-state index in [1.807, 2.05) is 31.2 Å². The highest BCUT2D eigenvalue weighted by molar-refractivity contribution is 5.86. The Kier molecular flexibility index (Phi) is 6.22. The molecule has 100 valence electrons. The molecule has 0 bridgehead atoms. The summed E-state index contributed by atoms with van der Waals surface area (Å²) in [5.74, 6) is 1.05. The van der Waals surface area contributed by atoms with Gasteiger partial charge in [0.15, 0.2) is 0 Å². The first-order chi connectivity index (χ1) is 8.63. The van der Waals surface area contributed by atoms with Crippen LogP contribution in [0.1, 0.15) is 25.8 Å². The molecule has 0 fully saturated rings. The van der Waals surface area contributed by atoms with E-state index in [-0.39, 0.29) is 0 Å². The van der Waals surface area contributed by atoms with Crippen molar-refractivity contribution in [3.8, 4) is 0 Å². The standard InChI is InChI=1S/C10H13N3.C4H11N/c11-9-4-2-1-3-8(9)7-10-12-5-6-13-10;1-3-4(2)5/h1-4H,5-7,11H2,(H,12,13);4H,3,5H2,1-2H3. The number of aliphatic imine (C=N–C) groups is 1. The fourth-order valence-corrected chi connectivity index (χ4v) is 1.44. The van der Waals surface area contributed by atoms with Crippen LogP contribution in [-0.4, -0.2) is 25.0 Å². The highest BCUT2D eigenvalue weighted by Gasteiger charge is 2.06. The van der Waals surface area contributed by atoms with E-state index in [2.05, 4.69) is 17.2 Å². The number of nitrogens with zero attached hydrogens (tertiary/aromatic N) is 1. The summed E-state index contributed by atoms with van der Waals surface area (Å²) in [7, 11) is 0. The third-order valence-electron chi connectivity index (χ3n) is 2.80. The number of hydrogen-bond donors (Lipinski definition) is 3. The molecule has 0 radical (unpaired) electrons. The Morgan fingerprint density at radius 3 is 2.56 bits per heavy atom. The van der Waals surface area contributed by atoms with Gasteiger partial charge < -0.3 is 16.8 Å². The summed E-state index contributed by atoms with van der Waals surface area (Å²) in [6.07, 6.45) is 1.91. The van der Waals surface area contributed by atoms with Gasteiger partial charge in [-0.05, 0) is 25.0 Å². The Morgan fingerprint density at radius 1 is 1.39 bits per heavy atom. The molecule has 4 heteroatoms. The quantitative estimate of drug-likeness (QED) is 0.710. The number of rotatable bonds is 3. The molecule has 0 saturated carbocycles. The Labute approximate surface area is 109 Å². The zero-order valence-corrected chi connectivity index (χ0v) is 11.3. The van der Waals surface area contributed by atoms with Gasteiger partial charge in [-0.3, -0.25) is 4.99 Å². The molecular weight excluding hydrogens is 224 g/mol. The second-order valence-corrected chi connectivity index (χ2v) is 4.52. The van der Waals surface area contributed by atoms with Gasteiger partial charge >= 0.3 is 0 Å². The SMILES string of the molecule is CCC(C)N.Nc1ccccc1CC1=NCCN1. The monoisotopic (exact) mass is 248 g/mol. The van der Waals surface area contributed by atoms with Crippen molar-refractivity contribution in [1.29, 1.82) is 0 Å². The van der Waals surface area contributed by atoms with Crippen LogP contribution in [0.15, 0.2) is 29.3 Å². The van der Waals surface area contributed by atoms with Gasteiger partial charge in [-0.25, -0.2) is 0 Å². The van der Waals surface area contributed by atoms with Crippen LogP contribution in [0.5, 0.6) is 0 Å². The molecule has 1 unspecified atom stereocenters. The average molecular weight is 248 g/mol. The molecule has 1 aromatic rings. The lowest BCUT2D eigenvalue weighted by Gasteiger charge is -2.05. The molecule has 1 atom stereocenters. The predicted molar refractivity (Wildman–Crippen MR) is 78.8 cm³/mol. The lowest BCUT2D eigenvalue weighted by atomic mass is 10.1. The first-order valence-electron chi connectivity index (χ1n) is 6.49. The molecule has 4 nitrogen and oxygen atoms in total. The molecule has 18 heavy (non-hydrogen) atoms. The number of anilines is 1. The van der Waals surface area contributed by atoms with Crippen LogP contribution in [0.3, 0.4) is 0 Å². The maximum atomic E-state index is 5.82. The number of amidine groups is 1. The lowest BCUT2D eigenvalue weighted by molar-refractivity contribution is 0.715. The van der Waals surface area contributed by atoms with Crippen LogP contribution in [-0.2, 0) is 6.42 Å². The van der Waals surface area contributed by atoms with Crippen molar-refractivity contribution in [3.63, 3.8) is 0 Å². The summed E-state index contributed by atoms with van der Waals surface area (Å²) in [5.41, 5.74) is 13.1. The van der Waals surface area contributed by atoms with E-state index in [1.165, 1.54) is 0 Å². The van der Waals surface area contributed by atoms with Gasteiger partial charge in [0.2, 0.25) is 0 Å². The van der Waals surface area contributed by atoms with E-state index < -0.39 is 0 Å². The minimum Gasteiger partial charge on any atom is -0.398 e. The molecule has 0 aromatic heterocycles. The van der Waals surface area contributed by atoms with Crippen molar-refractivity contribution < 1.29 is 0 Å². The largest absolute Gasteiger partial charge is 0.398 e. The Bertz CT molecular complexity index is 385. The number of hydrogen-bond acceptors (Lipinski definition) is 4. The van der Waals surface area contributed by atoms with Gasteiger partial charge in [-0.2, -0.15) is 0 Å². The molecule has 2 rings (SSSR count). The second kappa shape index (κ2) is 7.71. The molecule has 1 aliphatic rings. The van der Waals surface area contributed by atoms with Crippen LogP contribution in [0.4, 0.5) is 5.69 Å². The highest BCUT2D eigenvalue weighted by Crippen LogP contribution is 2.11. The van der Waals surface area contributed by atoms with Crippen LogP contribution in [0.25, 0.3) is 0 Å². The van der Waals surface area contributed by atoms with Gasteiger partial charge in [-0.15, -0.1) is 0 Å². The van der Waals surface area contributed by atoms with Gasteiger partial charge in [0.1, 0.15) is 5.84 Å². The molecular formula is C14H24N4. The number of para-hydroxylation sites is 1. The lowest BCUT2D eigenvalue weighted by Crippen LogP contribution is -2.20. The van der Waals surface area contributed by atoms with Crippen molar-refractivity contribution in [1.82, 2.24) is 5.32 Å². The molecule has 0 aliphatic carbocycles. The molecule has 5 N–H and O–H groups in total. The zero-order valence-electron chi connectivity index (χ0n) is 11.3. The molecule has 0 amide bonds. The van der Waals surface area contributed by atoms with Crippen molar-refractivity contribution in [3.05, 3.63) is 29.8 Å². The molecule has 1 heterocycles. The highest BCUT2D eigenvalue weighted by atomic mass is 15.1. The van der Waals surface area contributed by atoms with Gasteiger partial charge in [0, 0.05) is 24.7 Å². The summed E-state index contributed by atoms with van der Waals surface area (Å²) in [6, 6.07) is 8.29. The number of nitrogen functional groups attached to an aromatic ring is 1. The van der Waals surface area contributed by atoms with E-state index in [9.17, 15) is 0 Å². The van der Waals surface area contributed by atoms with Crippen LogP contribution in [0, 0.1) is 0 Å². The third kappa shape index (κ3) is 5.19. The van der Waals surface area contributed by atoms with Crippen molar-refractivity contribution in [2.75, 3.05) is 18.8 Å². The van der Waals surface area contributed by atoms with Gasteiger partial charge in [0.25, 0.3) is 0 Å². The fourth-order valence-electron chi connectivity index (χ4n) is 1.44. The molecule has 0 saturated heterocycles. The summed E-state index contributed by atoms with van der Waals surface area (Å²) in [5, 5.41) is 3.23. The number of benzene rings is 1. The summed E-state index contributed by atoms with van der Waals surface area (Å²) < 4.78 is 0. The minimum absolute atomic E-state index is 0.384. The number of nitrogens with one attached hydrogen (secondary N) is 1. The van der Waals surface area contributed by atoms with E-state index >= 15 is 0 Å². The van der Waals surface area contributed by atoms with Crippen molar-refractivity contribution >= 4 is 11.5 Å². The third-order valence-corrected chi connectivity index (χ3v) is 2.80. The zero-order chi connectivity index (χ0) is 13.4. The first-order valence-corrected chi connectivity index (χ1v) is 6.49. The summed E-state index contributed by atoms with van der Waals surface area (Å²) >= 11 is 0. The number of nitrogens with two attached hydrogens (primary N) is 2. The maximum Gasteiger partial charge on any atom is 0.101 e. The normalized spacial score (nSPS) is 15.2. The fraction of sp³-hybridized carbons (Fsp3) is 0.500. The maximum absolute atomic E-state index is 5.82. The minimum atomic E-state index is 0.384. The van der Waals surface area contributed by atoms with Crippen molar-refractivity contribution in [2.24, 2.45) is 10.7 Å². The smallest absolute Gasteiger partial charge is 0.101 e. The molecule has 0 spiro atoms. The second-order valence-electron chi connectivity index (χ2n) is 4.52. The Balaban J connectivity index is 0.000000280. The molecule has 1 aromatic carbocycles. The Hall–Kier alpha value is -1.55. The van der Waals surface area contributed by atoms with E-state index in [1.54, 1.807) is 0 Å². The average Bonchev–Trinajstić information content (AvgIpc) is 2.86. The summed E-state index contributed by atoms with van der Waals surface area (Å²) in [4.78, 5) is 4.32. The van der Waals surface area contributed by atoms with Crippen molar-refractivity contribution in [2.45, 2.75) is 32.7 Å². The van der Waals surface area contributed by atoms with Gasteiger partial charge in [-0.1, -0.05) is 25.1 Å².